The SMILES string of the molecule is Cc1ccc(C(=O)[C@H](C)OC(=O)[C@@H](NC(=O)Nc2ccccc2)C(C)C)cc1. The van der Waals surface area contributed by atoms with E-state index in [0.29, 0.717) is 11.3 Å². The molecule has 0 unspecified atom stereocenters. The number of anilines is 1. The van der Waals surface area contributed by atoms with Gasteiger partial charge in [-0.15, -0.1) is 0 Å². The normalized spacial score (nSPS) is 12.8. The van der Waals surface area contributed by atoms with Gasteiger partial charge in [0.05, 0.1) is 0 Å². The molecule has 2 atom stereocenters. The van der Waals surface area contributed by atoms with Crippen LogP contribution < -0.4 is 10.6 Å². The van der Waals surface area contributed by atoms with Gasteiger partial charge in [0.25, 0.3) is 0 Å². The zero-order chi connectivity index (χ0) is 20.7. The summed E-state index contributed by atoms with van der Waals surface area (Å²) in [5, 5.41) is 5.28. The Balaban J connectivity index is 1.98. The van der Waals surface area contributed by atoms with Crippen LogP contribution >= 0.6 is 0 Å². The van der Waals surface area contributed by atoms with E-state index in [1.165, 1.54) is 6.92 Å². The van der Waals surface area contributed by atoms with E-state index in [0.717, 1.165) is 5.56 Å². The summed E-state index contributed by atoms with van der Waals surface area (Å²) in [7, 11) is 0. The molecular formula is C22H26N2O4. The molecule has 0 fully saturated rings. The lowest BCUT2D eigenvalue weighted by Gasteiger charge is -2.23. The minimum Gasteiger partial charge on any atom is -0.453 e. The number of carbonyl (C=O) groups is 3. The number of hydrogen-bond acceptors (Lipinski definition) is 4. The van der Waals surface area contributed by atoms with Gasteiger partial charge in [0.2, 0.25) is 5.78 Å². The Bertz CT molecular complexity index is 816. The van der Waals surface area contributed by atoms with E-state index in [4.69, 9.17) is 4.74 Å². The molecule has 2 aromatic rings. The number of amides is 2. The lowest BCUT2D eigenvalue weighted by atomic mass is 10.0. The Kier molecular flexibility index (Phi) is 7.32. The molecule has 0 saturated heterocycles. The molecule has 0 aliphatic rings. The minimum atomic E-state index is -0.949. The fraction of sp³-hybridized carbons (Fsp3) is 0.318. The van der Waals surface area contributed by atoms with Crippen molar-refractivity contribution in [2.24, 2.45) is 5.92 Å². The summed E-state index contributed by atoms with van der Waals surface area (Å²) in [6.45, 7) is 7.04. The summed E-state index contributed by atoms with van der Waals surface area (Å²) in [6, 6.07) is 14.6. The standard InChI is InChI=1S/C22H26N2O4/c1-14(2)19(24-22(27)23-18-8-6-5-7-9-18)21(26)28-16(4)20(25)17-12-10-15(3)11-13-17/h5-14,16,19H,1-4H3,(H2,23,24,27)/t16-,19-/m0/s1. The van der Waals surface area contributed by atoms with Crippen LogP contribution in [0.4, 0.5) is 10.5 Å². The smallest absolute Gasteiger partial charge is 0.329 e. The largest absolute Gasteiger partial charge is 0.453 e. The highest BCUT2D eigenvalue weighted by molar-refractivity contribution is 6.00. The lowest BCUT2D eigenvalue weighted by Crippen LogP contribution is -2.48. The molecule has 0 radical (unpaired) electrons. The number of aryl methyl sites for hydroxylation is 1. The van der Waals surface area contributed by atoms with Crippen LogP contribution in [0.15, 0.2) is 54.6 Å². The van der Waals surface area contributed by atoms with Crippen LogP contribution in [-0.2, 0) is 9.53 Å². The summed E-state index contributed by atoms with van der Waals surface area (Å²) in [6.07, 6.45) is -0.949. The average Bonchev–Trinajstić information content (AvgIpc) is 2.66. The van der Waals surface area contributed by atoms with Crippen LogP contribution in [-0.4, -0.2) is 29.9 Å². The first-order chi connectivity index (χ1) is 13.3. The van der Waals surface area contributed by atoms with Gasteiger partial charge >= 0.3 is 12.0 Å². The number of rotatable bonds is 7. The number of carbonyl (C=O) groups excluding carboxylic acids is 3. The topological polar surface area (TPSA) is 84.5 Å². The highest BCUT2D eigenvalue weighted by Gasteiger charge is 2.29. The third-order valence-electron chi connectivity index (χ3n) is 4.24. The minimum absolute atomic E-state index is 0.212. The molecule has 2 rings (SSSR count). The Hall–Kier alpha value is -3.15. The predicted octanol–water partition coefficient (Wildman–Crippen LogP) is 3.96. The maximum Gasteiger partial charge on any atom is 0.329 e. The second-order valence-corrected chi connectivity index (χ2v) is 7.00. The summed E-state index contributed by atoms with van der Waals surface area (Å²) >= 11 is 0. The molecule has 6 heteroatoms. The Morgan fingerprint density at radius 1 is 0.893 bits per heavy atom. The Labute approximate surface area is 165 Å². The van der Waals surface area contributed by atoms with E-state index >= 15 is 0 Å². The number of urea groups is 1. The van der Waals surface area contributed by atoms with E-state index in [2.05, 4.69) is 10.6 Å². The van der Waals surface area contributed by atoms with Crippen molar-refractivity contribution in [3.8, 4) is 0 Å². The third-order valence-corrected chi connectivity index (χ3v) is 4.24. The van der Waals surface area contributed by atoms with Crippen molar-refractivity contribution in [2.45, 2.75) is 39.8 Å². The summed E-state index contributed by atoms with van der Waals surface area (Å²) < 4.78 is 5.34. The molecule has 0 spiro atoms. The van der Waals surface area contributed by atoms with Gasteiger partial charge in [0.1, 0.15) is 6.04 Å². The van der Waals surface area contributed by atoms with Crippen molar-refractivity contribution in [2.75, 3.05) is 5.32 Å². The molecule has 2 N–H and O–H groups in total. The highest BCUT2D eigenvalue weighted by Crippen LogP contribution is 2.12. The van der Waals surface area contributed by atoms with Crippen molar-refractivity contribution in [3.05, 3.63) is 65.7 Å². The zero-order valence-electron chi connectivity index (χ0n) is 16.6. The molecular weight excluding hydrogens is 356 g/mol. The molecule has 6 nitrogen and oxygen atoms in total. The maximum absolute atomic E-state index is 12.6. The molecule has 0 heterocycles. The molecule has 0 aliphatic heterocycles. The zero-order valence-corrected chi connectivity index (χ0v) is 16.6. The van der Waals surface area contributed by atoms with Crippen LogP contribution in [0.1, 0.15) is 36.7 Å². The monoisotopic (exact) mass is 382 g/mol. The number of nitrogens with one attached hydrogen (secondary N) is 2. The van der Waals surface area contributed by atoms with Gasteiger partial charge in [0.15, 0.2) is 6.10 Å². The molecule has 0 saturated carbocycles. The number of ether oxygens (including phenoxy) is 1. The van der Waals surface area contributed by atoms with Gasteiger partial charge in [-0.2, -0.15) is 0 Å². The fourth-order valence-electron chi connectivity index (χ4n) is 2.58. The van der Waals surface area contributed by atoms with Crippen molar-refractivity contribution >= 4 is 23.5 Å². The quantitative estimate of drug-likeness (QED) is 0.561. The van der Waals surface area contributed by atoms with Crippen molar-refractivity contribution in [1.29, 1.82) is 0 Å². The average molecular weight is 382 g/mol. The van der Waals surface area contributed by atoms with Crippen LogP contribution in [0.25, 0.3) is 0 Å². The first kappa shape index (κ1) is 21.2. The molecule has 2 amide bonds. The summed E-state index contributed by atoms with van der Waals surface area (Å²) in [4.78, 5) is 37.2. The lowest BCUT2D eigenvalue weighted by molar-refractivity contribution is -0.149. The first-order valence-electron chi connectivity index (χ1n) is 9.22. The number of benzene rings is 2. The summed E-state index contributed by atoms with van der Waals surface area (Å²) in [5.41, 5.74) is 2.12. The van der Waals surface area contributed by atoms with Crippen molar-refractivity contribution in [3.63, 3.8) is 0 Å². The molecule has 0 aromatic heterocycles. The molecule has 148 valence electrons. The van der Waals surface area contributed by atoms with Crippen LogP contribution in [0.5, 0.6) is 0 Å². The number of Topliss-reactive ketones (excluding diaryl/α,β-unsaturated/α-hetero) is 1. The molecule has 0 aliphatic carbocycles. The Morgan fingerprint density at radius 2 is 1.50 bits per heavy atom. The predicted molar refractivity (Wildman–Crippen MR) is 108 cm³/mol. The first-order valence-corrected chi connectivity index (χ1v) is 9.22. The van der Waals surface area contributed by atoms with E-state index < -0.39 is 24.1 Å². The number of ketones is 1. The number of esters is 1. The van der Waals surface area contributed by atoms with Gasteiger partial charge in [0, 0.05) is 11.3 Å². The third kappa shape index (κ3) is 5.94. The van der Waals surface area contributed by atoms with Gasteiger partial charge in [-0.1, -0.05) is 61.9 Å². The molecule has 2 aromatic carbocycles. The van der Waals surface area contributed by atoms with E-state index in [9.17, 15) is 14.4 Å². The number of para-hydroxylation sites is 1. The van der Waals surface area contributed by atoms with Gasteiger partial charge < -0.3 is 15.4 Å². The highest BCUT2D eigenvalue weighted by atomic mass is 16.5. The van der Waals surface area contributed by atoms with E-state index in [1.54, 1.807) is 50.2 Å². The second-order valence-electron chi connectivity index (χ2n) is 7.00. The number of hydrogen-bond donors (Lipinski definition) is 2. The Morgan fingerprint density at radius 3 is 2.07 bits per heavy atom. The molecule has 28 heavy (non-hydrogen) atoms. The van der Waals surface area contributed by atoms with Gasteiger partial charge in [-0.25, -0.2) is 9.59 Å². The maximum atomic E-state index is 12.6. The van der Waals surface area contributed by atoms with E-state index in [1.807, 2.05) is 25.1 Å². The summed E-state index contributed by atoms with van der Waals surface area (Å²) in [5.74, 6) is -1.15. The van der Waals surface area contributed by atoms with E-state index in [-0.39, 0.29) is 11.7 Å². The van der Waals surface area contributed by atoms with Crippen LogP contribution in [0.2, 0.25) is 0 Å². The fourth-order valence-corrected chi connectivity index (χ4v) is 2.58. The van der Waals surface area contributed by atoms with Crippen molar-refractivity contribution < 1.29 is 19.1 Å². The second kappa shape index (κ2) is 9.69. The van der Waals surface area contributed by atoms with Crippen molar-refractivity contribution in [1.82, 2.24) is 5.32 Å². The molecule has 0 bridgehead atoms. The van der Waals surface area contributed by atoms with Crippen LogP contribution in [0, 0.1) is 12.8 Å². The van der Waals surface area contributed by atoms with Crippen LogP contribution in [0.3, 0.4) is 0 Å². The van der Waals surface area contributed by atoms with Gasteiger partial charge in [-0.05, 0) is 31.9 Å². The van der Waals surface area contributed by atoms with Gasteiger partial charge in [-0.3, -0.25) is 4.79 Å².